The maximum atomic E-state index is 2.48. The first-order valence-corrected chi connectivity index (χ1v) is 6.13. The molecule has 1 fully saturated rings. The van der Waals surface area contributed by atoms with Gasteiger partial charge in [0.2, 0.25) is 0 Å². The zero-order valence-corrected chi connectivity index (χ0v) is 9.90. The average molecular weight is 182 g/mol. The molecule has 0 amide bonds. The summed E-state index contributed by atoms with van der Waals surface area (Å²) in [6.45, 7) is 9.68. The molecule has 2 atom stereocenters. The van der Waals surface area contributed by atoms with E-state index in [9.17, 15) is 0 Å². The monoisotopic (exact) mass is 182 g/mol. The van der Waals surface area contributed by atoms with Crippen LogP contribution in [0, 0.1) is 17.3 Å². The van der Waals surface area contributed by atoms with Crippen LogP contribution in [0.1, 0.15) is 66.2 Å². The minimum atomic E-state index is 0.688. The van der Waals surface area contributed by atoms with E-state index in [1.165, 1.54) is 38.5 Å². The van der Waals surface area contributed by atoms with Gasteiger partial charge in [0.1, 0.15) is 0 Å². The molecular formula is C13H26. The fourth-order valence-electron chi connectivity index (χ4n) is 3.42. The Kier molecular flexibility index (Phi) is 3.82. The molecular weight excluding hydrogens is 156 g/mol. The number of rotatable bonds is 3. The first-order valence-electron chi connectivity index (χ1n) is 6.13. The van der Waals surface area contributed by atoms with Gasteiger partial charge in [-0.05, 0) is 30.1 Å². The standard InChI is InChI=1S/C13H26/c1-5-9-13(11(2)3)10-7-6-8-12(13)4/h11-12H,5-10H2,1-4H3. The molecule has 0 radical (unpaired) electrons. The van der Waals surface area contributed by atoms with E-state index in [4.69, 9.17) is 0 Å². The minimum Gasteiger partial charge on any atom is -0.0654 e. The summed E-state index contributed by atoms with van der Waals surface area (Å²) in [5, 5.41) is 0. The molecule has 0 saturated heterocycles. The Hall–Kier alpha value is 0. The Balaban J connectivity index is 2.73. The van der Waals surface area contributed by atoms with Gasteiger partial charge in [-0.1, -0.05) is 53.4 Å². The highest BCUT2D eigenvalue weighted by Gasteiger charge is 2.39. The molecule has 0 spiro atoms. The molecule has 78 valence electrons. The lowest BCUT2D eigenvalue weighted by atomic mass is 9.59. The summed E-state index contributed by atoms with van der Waals surface area (Å²) in [6.07, 6.45) is 8.72. The molecule has 1 saturated carbocycles. The van der Waals surface area contributed by atoms with Crippen molar-refractivity contribution in [3.05, 3.63) is 0 Å². The van der Waals surface area contributed by atoms with Crippen molar-refractivity contribution in [3.63, 3.8) is 0 Å². The van der Waals surface area contributed by atoms with Gasteiger partial charge in [-0.2, -0.15) is 0 Å². The van der Waals surface area contributed by atoms with Gasteiger partial charge in [0, 0.05) is 0 Å². The topological polar surface area (TPSA) is 0 Å². The van der Waals surface area contributed by atoms with Crippen LogP contribution in [0.3, 0.4) is 0 Å². The van der Waals surface area contributed by atoms with E-state index < -0.39 is 0 Å². The summed E-state index contributed by atoms with van der Waals surface area (Å²) in [4.78, 5) is 0. The lowest BCUT2D eigenvalue weighted by Gasteiger charge is -2.46. The van der Waals surface area contributed by atoms with Gasteiger partial charge < -0.3 is 0 Å². The van der Waals surface area contributed by atoms with Gasteiger partial charge in [0.05, 0.1) is 0 Å². The van der Waals surface area contributed by atoms with Gasteiger partial charge >= 0.3 is 0 Å². The fourth-order valence-corrected chi connectivity index (χ4v) is 3.42. The third-order valence-electron chi connectivity index (χ3n) is 4.38. The van der Waals surface area contributed by atoms with Crippen molar-refractivity contribution in [3.8, 4) is 0 Å². The quantitative estimate of drug-likeness (QED) is 0.596. The van der Waals surface area contributed by atoms with E-state index in [2.05, 4.69) is 27.7 Å². The molecule has 13 heavy (non-hydrogen) atoms. The van der Waals surface area contributed by atoms with Crippen molar-refractivity contribution in [2.24, 2.45) is 17.3 Å². The average Bonchev–Trinajstić information content (AvgIpc) is 2.09. The summed E-state index contributed by atoms with van der Waals surface area (Å²) in [6, 6.07) is 0. The molecule has 0 bridgehead atoms. The number of hydrogen-bond donors (Lipinski definition) is 0. The molecule has 0 N–H and O–H groups in total. The molecule has 0 aromatic heterocycles. The van der Waals surface area contributed by atoms with E-state index in [-0.39, 0.29) is 0 Å². The highest BCUT2D eigenvalue weighted by atomic mass is 14.4. The van der Waals surface area contributed by atoms with Gasteiger partial charge in [0.15, 0.2) is 0 Å². The van der Waals surface area contributed by atoms with Crippen molar-refractivity contribution in [1.82, 2.24) is 0 Å². The Morgan fingerprint density at radius 1 is 1.31 bits per heavy atom. The first kappa shape index (κ1) is 11.1. The van der Waals surface area contributed by atoms with Crippen molar-refractivity contribution in [1.29, 1.82) is 0 Å². The normalized spacial score (nSPS) is 35.3. The van der Waals surface area contributed by atoms with E-state index >= 15 is 0 Å². The molecule has 1 aliphatic rings. The second kappa shape index (κ2) is 4.48. The van der Waals surface area contributed by atoms with Crippen LogP contribution in [0.4, 0.5) is 0 Å². The van der Waals surface area contributed by atoms with Crippen molar-refractivity contribution >= 4 is 0 Å². The van der Waals surface area contributed by atoms with E-state index in [1.807, 2.05) is 0 Å². The predicted octanol–water partition coefficient (Wildman–Crippen LogP) is 4.64. The summed E-state index contributed by atoms with van der Waals surface area (Å²) in [5.41, 5.74) is 0.688. The van der Waals surface area contributed by atoms with Crippen LogP contribution in [0.25, 0.3) is 0 Å². The summed E-state index contributed by atoms with van der Waals surface area (Å²) < 4.78 is 0. The number of hydrogen-bond acceptors (Lipinski definition) is 0. The summed E-state index contributed by atoms with van der Waals surface area (Å²) >= 11 is 0. The largest absolute Gasteiger partial charge is 0.0654 e. The van der Waals surface area contributed by atoms with Crippen molar-refractivity contribution in [2.45, 2.75) is 66.2 Å². The van der Waals surface area contributed by atoms with Crippen LogP contribution < -0.4 is 0 Å². The molecule has 0 nitrogen and oxygen atoms in total. The third kappa shape index (κ3) is 2.08. The smallest absolute Gasteiger partial charge is 0.0249 e. The molecule has 1 rings (SSSR count). The highest BCUT2D eigenvalue weighted by molar-refractivity contribution is 4.89. The molecule has 0 heteroatoms. The third-order valence-corrected chi connectivity index (χ3v) is 4.38. The lowest BCUT2D eigenvalue weighted by molar-refractivity contribution is 0.0399. The molecule has 0 aromatic rings. The second-order valence-electron chi connectivity index (χ2n) is 5.28. The fraction of sp³-hybridized carbons (Fsp3) is 1.00. The van der Waals surface area contributed by atoms with Crippen LogP contribution >= 0.6 is 0 Å². The summed E-state index contributed by atoms with van der Waals surface area (Å²) in [7, 11) is 0. The Labute approximate surface area is 84.1 Å². The molecule has 0 heterocycles. The van der Waals surface area contributed by atoms with Crippen LogP contribution in [0.2, 0.25) is 0 Å². The predicted molar refractivity (Wildman–Crippen MR) is 59.8 cm³/mol. The Morgan fingerprint density at radius 3 is 2.46 bits per heavy atom. The Morgan fingerprint density at radius 2 is 2.00 bits per heavy atom. The second-order valence-corrected chi connectivity index (χ2v) is 5.28. The minimum absolute atomic E-state index is 0.688. The van der Waals surface area contributed by atoms with Crippen molar-refractivity contribution in [2.75, 3.05) is 0 Å². The molecule has 0 aliphatic heterocycles. The van der Waals surface area contributed by atoms with Gasteiger partial charge in [-0.15, -0.1) is 0 Å². The maximum absolute atomic E-state index is 2.48. The molecule has 0 aromatic carbocycles. The Bertz CT molecular complexity index is 144. The van der Waals surface area contributed by atoms with Gasteiger partial charge in [0.25, 0.3) is 0 Å². The van der Waals surface area contributed by atoms with E-state index in [1.54, 1.807) is 0 Å². The highest BCUT2D eigenvalue weighted by Crippen LogP contribution is 2.49. The van der Waals surface area contributed by atoms with Crippen LogP contribution in [-0.4, -0.2) is 0 Å². The lowest BCUT2D eigenvalue weighted by Crippen LogP contribution is -2.36. The van der Waals surface area contributed by atoms with Crippen LogP contribution in [0.15, 0.2) is 0 Å². The van der Waals surface area contributed by atoms with E-state index in [0.717, 1.165) is 11.8 Å². The van der Waals surface area contributed by atoms with Gasteiger partial charge in [-0.3, -0.25) is 0 Å². The van der Waals surface area contributed by atoms with Gasteiger partial charge in [-0.25, -0.2) is 0 Å². The van der Waals surface area contributed by atoms with Crippen LogP contribution in [0.5, 0.6) is 0 Å². The summed E-state index contributed by atoms with van der Waals surface area (Å²) in [5.74, 6) is 1.84. The zero-order chi connectivity index (χ0) is 9.90. The molecule has 1 aliphatic carbocycles. The van der Waals surface area contributed by atoms with E-state index in [0.29, 0.717) is 5.41 Å². The first-order chi connectivity index (χ1) is 6.13. The zero-order valence-electron chi connectivity index (χ0n) is 9.90. The maximum Gasteiger partial charge on any atom is -0.0249 e. The SMILES string of the molecule is CCCC1(C(C)C)CCCCC1C. The van der Waals surface area contributed by atoms with Crippen LogP contribution in [-0.2, 0) is 0 Å². The van der Waals surface area contributed by atoms with Crippen molar-refractivity contribution < 1.29 is 0 Å². The molecule has 2 unspecified atom stereocenters.